The maximum absolute atomic E-state index is 12.0. The predicted octanol–water partition coefficient (Wildman–Crippen LogP) is 0.879. The molecular formula is C17H33N3O2. The van der Waals surface area contributed by atoms with Gasteiger partial charge in [0.25, 0.3) is 0 Å². The minimum atomic E-state index is -0.269. The van der Waals surface area contributed by atoms with Gasteiger partial charge in [-0.1, -0.05) is 6.92 Å². The number of nitrogens with zero attached hydrogens (tertiary/aromatic N) is 3. The van der Waals surface area contributed by atoms with Crippen LogP contribution in [0, 0.1) is 11.8 Å². The van der Waals surface area contributed by atoms with Crippen LogP contribution < -0.4 is 0 Å². The van der Waals surface area contributed by atoms with Gasteiger partial charge in [0.15, 0.2) is 0 Å². The van der Waals surface area contributed by atoms with E-state index in [9.17, 15) is 9.90 Å². The molecule has 0 radical (unpaired) electrons. The minimum Gasteiger partial charge on any atom is -0.390 e. The van der Waals surface area contributed by atoms with Crippen LogP contribution in [0.25, 0.3) is 0 Å². The van der Waals surface area contributed by atoms with Crippen molar-refractivity contribution in [2.75, 3.05) is 53.4 Å². The van der Waals surface area contributed by atoms with E-state index in [0.29, 0.717) is 0 Å². The van der Waals surface area contributed by atoms with Crippen LogP contribution in [0.3, 0.4) is 0 Å². The quantitative estimate of drug-likeness (QED) is 0.819. The third kappa shape index (κ3) is 5.21. The summed E-state index contributed by atoms with van der Waals surface area (Å²) in [6.45, 7) is 7.96. The summed E-state index contributed by atoms with van der Waals surface area (Å²) in [7, 11) is 3.66. The summed E-state index contributed by atoms with van der Waals surface area (Å²) in [5, 5.41) is 10.3. The first kappa shape index (κ1) is 17.7. The summed E-state index contributed by atoms with van der Waals surface area (Å²) in [6, 6.07) is 0. The Morgan fingerprint density at radius 1 is 1.05 bits per heavy atom. The molecule has 5 heteroatoms. The van der Waals surface area contributed by atoms with Gasteiger partial charge < -0.3 is 19.8 Å². The van der Waals surface area contributed by atoms with Crippen molar-refractivity contribution in [3.8, 4) is 0 Å². The molecule has 0 saturated carbocycles. The lowest BCUT2D eigenvalue weighted by molar-refractivity contribution is -0.134. The van der Waals surface area contributed by atoms with E-state index in [4.69, 9.17) is 0 Å². The number of likely N-dealkylation sites (tertiary alicyclic amines) is 2. The second-order valence-electron chi connectivity index (χ2n) is 7.44. The molecule has 0 aromatic heterocycles. The van der Waals surface area contributed by atoms with Gasteiger partial charge in [0.2, 0.25) is 5.91 Å². The van der Waals surface area contributed by atoms with E-state index in [1.54, 1.807) is 4.90 Å². The molecule has 2 fully saturated rings. The van der Waals surface area contributed by atoms with Gasteiger partial charge in [0, 0.05) is 33.1 Å². The van der Waals surface area contributed by atoms with Gasteiger partial charge in [-0.25, -0.2) is 0 Å². The molecule has 1 unspecified atom stereocenters. The fourth-order valence-electron chi connectivity index (χ4n) is 3.63. The highest BCUT2D eigenvalue weighted by Crippen LogP contribution is 2.20. The Balaban J connectivity index is 1.66. The molecular weight excluding hydrogens is 278 g/mol. The van der Waals surface area contributed by atoms with Crippen LogP contribution in [0.5, 0.6) is 0 Å². The Hall–Kier alpha value is -0.650. The smallest absolute Gasteiger partial charge is 0.225 e. The number of hydrogen-bond donors (Lipinski definition) is 1. The molecule has 2 saturated heterocycles. The highest BCUT2D eigenvalue weighted by molar-refractivity contribution is 5.78. The number of hydrogen-bond acceptors (Lipinski definition) is 4. The molecule has 2 heterocycles. The largest absolute Gasteiger partial charge is 0.390 e. The molecule has 0 aromatic rings. The molecule has 1 N–H and O–H groups in total. The summed E-state index contributed by atoms with van der Waals surface area (Å²) in [5.41, 5.74) is 0. The van der Waals surface area contributed by atoms with Crippen LogP contribution in [0.4, 0.5) is 0 Å². The van der Waals surface area contributed by atoms with E-state index in [-0.39, 0.29) is 17.9 Å². The topological polar surface area (TPSA) is 47.0 Å². The summed E-state index contributed by atoms with van der Waals surface area (Å²) in [5.74, 6) is 1.26. The monoisotopic (exact) mass is 311 g/mol. The van der Waals surface area contributed by atoms with E-state index >= 15 is 0 Å². The molecule has 128 valence electrons. The van der Waals surface area contributed by atoms with Crippen molar-refractivity contribution in [2.45, 2.75) is 38.7 Å². The zero-order chi connectivity index (χ0) is 16.1. The van der Waals surface area contributed by atoms with E-state index in [2.05, 4.69) is 16.7 Å². The van der Waals surface area contributed by atoms with Crippen LogP contribution in [0.15, 0.2) is 0 Å². The Labute approximate surface area is 135 Å². The highest BCUT2D eigenvalue weighted by atomic mass is 16.3. The average Bonchev–Trinajstić information content (AvgIpc) is 2.49. The lowest BCUT2D eigenvalue weighted by Crippen LogP contribution is -2.46. The Morgan fingerprint density at radius 2 is 1.50 bits per heavy atom. The number of aliphatic hydroxyl groups excluding tert-OH is 1. The number of amides is 1. The van der Waals surface area contributed by atoms with Crippen molar-refractivity contribution in [2.24, 2.45) is 11.8 Å². The lowest BCUT2D eigenvalue weighted by Gasteiger charge is -2.36. The average molecular weight is 311 g/mol. The number of carbonyl (C=O) groups is 1. The van der Waals surface area contributed by atoms with Gasteiger partial charge in [0.05, 0.1) is 6.10 Å². The molecule has 2 aliphatic heterocycles. The van der Waals surface area contributed by atoms with Crippen LogP contribution in [-0.4, -0.2) is 85.2 Å². The van der Waals surface area contributed by atoms with Gasteiger partial charge in [0.1, 0.15) is 0 Å². The third-order valence-electron chi connectivity index (χ3n) is 5.19. The Morgan fingerprint density at radius 3 is 1.95 bits per heavy atom. The Kier molecular flexibility index (Phi) is 6.66. The maximum atomic E-state index is 12.0. The van der Waals surface area contributed by atoms with Crippen molar-refractivity contribution in [1.82, 2.24) is 14.7 Å². The molecule has 1 amide bonds. The van der Waals surface area contributed by atoms with Gasteiger partial charge in [-0.2, -0.15) is 0 Å². The summed E-state index contributed by atoms with van der Waals surface area (Å²) in [6.07, 6.45) is 4.08. The number of carbonyl (C=O) groups excluding carboxylic acids is 1. The number of rotatable bonds is 5. The molecule has 0 aliphatic carbocycles. The van der Waals surface area contributed by atoms with Gasteiger partial charge in [-0.15, -0.1) is 0 Å². The lowest BCUT2D eigenvalue weighted by atomic mass is 9.95. The van der Waals surface area contributed by atoms with Crippen molar-refractivity contribution < 1.29 is 9.90 Å². The number of piperidine rings is 2. The minimum absolute atomic E-state index is 0.173. The van der Waals surface area contributed by atoms with Crippen molar-refractivity contribution >= 4 is 5.91 Å². The molecule has 2 aliphatic rings. The molecule has 0 aromatic carbocycles. The summed E-state index contributed by atoms with van der Waals surface area (Å²) < 4.78 is 0. The summed E-state index contributed by atoms with van der Waals surface area (Å²) >= 11 is 0. The first-order valence-electron chi connectivity index (χ1n) is 8.79. The standard InChI is InChI=1S/C17H33N3O2/c1-14-4-8-19(9-5-14)12-16(21)13-20-10-6-15(7-11-20)17(22)18(2)3/h14-16,21H,4-13H2,1-3H3. The fraction of sp³-hybridized carbons (Fsp3) is 0.941. The van der Waals surface area contributed by atoms with Crippen LogP contribution in [0.1, 0.15) is 32.6 Å². The van der Waals surface area contributed by atoms with E-state index in [1.165, 1.54) is 12.8 Å². The molecule has 22 heavy (non-hydrogen) atoms. The first-order chi connectivity index (χ1) is 10.5. The SMILES string of the molecule is CC1CCN(CC(O)CN2CCC(C(=O)N(C)C)CC2)CC1. The van der Waals surface area contributed by atoms with Crippen LogP contribution in [0.2, 0.25) is 0 Å². The van der Waals surface area contributed by atoms with Crippen molar-refractivity contribution in [3.05, 3.63) is 0 Å². The van der Waals surface area contributed by atoms with Gasteiger partial charge >= 0.3 is 0 Å². The second kappa shape index (κ2) is 8.27. The molecule has 2 rings (SSSR count). The second-order valence-corrected chi connectivity index (χ2v) is 7.44. The van der Waals surface area contributed by atoms with Gasteiger partial charge in [-0.05, 0) is 57.8 Å². The zero-order valence-electron chi connectivity index (χ0n) is 14.5. The zero-order valence-corrected chi connectivity index (χ0v) is 14.5. The first-order valence-corrected chi connectivity index (χ1v) is 8.79. The van der Waals surface area contributed by atoms with Crippen LogP contribution in [-0.2, 0) is 4.79 Å². The normalized spacial score (nSPS) is 24.4. The fourth-order valence-corrected chi connectivity index (χ4v) is 3.63. The van der Waals surface area contributed by atoms with E-state index in [0.717, 1.165) is 58.0 Å². The van der Waals surface area contributed by atoms with Gasteiger partial charge in [-0.3, -0.25) is 4.79 Å². The predicted molar refractivity (Wildman–Crippen MR) is 88.7 cm³/mol. The van der Waals surface area contributed by atoms with E-state index in [1.807, 2.05) is 14.1 Å². The Bertz CT molecular complexity index is 346. The number of β-amino-alcohol motifs (C(OH)–C–C–N with tert-alkyl or cyclic N) is 1. The van der Waals surface area contributed by atoms with Crippen LogP contribution >= 0.6 is 0 Å². The maximum Gasteiger partial charge on any atom is 0.225 e. The third-order valence-corrected chi connectivity index (χ3v) is 5.19. The number of aliphatic hydroxyl groups is 1. The molecule has 0 bridgehead atoms. The molecule has 0 spiro atoms. The van der Waals surface area contributed by atoms with E-state index < -0.39 is 0 Å². The molecule has 5 nitrogen and oxygen atoms in total. The molecule has 1 atom stereocenters. The highest BCUT2D eigenvalue weighted by Gasteiger charge is 2.27. The van der Waals surface area contributed by atoms with Crippen molar-refractivity contribution in [3.63, 3.8) is 0 Å². The summed E-state index contributed by atoms with van der Waals surface area (Å²) in [4.78, 5) is 18.4. The van der Waals surface area contributed by atoms with Crippen molar-refractivity contribution in [1.29, 1.82) is 0 Å².